The Morgan fingerprint density at radius 3 is 2.57 bits per heavy atom. The Bertz CT molecular complexity index is 1280. The van der Waals surface area contributed by atoms with Crippen LogP contribution in [0.1, 0.15) is 5.69 Å². The first-order valence-corrected chi connectivity index (χ1v) is 11.2. The molecule has 0 saturated heterocycles. The normalized spacial score (nSPS) is 11.1. The summed E-state index contributed by atoms with van der Waals surface area (Å²) in [7, 11) is 1.66. The predicted molar refractivity (Wildman–Crippen MR) is 120 cm³/mol. The highest BCUT2D eigenvalue weighted by molar-refractivity contribution is 7.98. The van der Waals surface area contributed by atoms with Crippen LogP contribution in [-0.2, 0) is 5.75 Å². The molecular formula is C22H17N5OS2. The van der Waals surface area contributed by atoms with Gasteiger partial charge in [0.1, 0.15) is 10.8 Å². The average Bonchev–Trinajstić information content (AvgIpc) is 3.45. The molecule has 0 aliphatic rings. The second kappa shape index (κ2) is 8.25. The standard InChI is InChI=1S/C22H17N5OS2/c1-28-18-9-7-15(8-10-18)19-11-12-20-24-25-22(27(20)26-19)30-14-17-13-29-21(23-17)16-5-3-2-4-6-16/h2-13H,14H2,1H3. The van der Waals surface area contributed by atoms with Gasteiger partial charge < -0.3 is 4.74 Å². The number of thiazole rings is 1. The molecule has 0 spiro atoms. The van der Waals surface area contributed by atoms with Crippen LogP contribution in [0.15, 0.2) is 77.3 Å². The predicted octanol–water partition coefficient (Wildman–Crippen LogP) is 5.22. The summed E-state index contributed by atoms with van der Waals surface area (Å²) in [6, 6.07) is 21.9. The molecule has 8 heteroatoms. The second-order valence-electron chi connectivity index (χ2n) is 6.50. The summed E-state index contributed by atoms with van der Waals surface area (Å²) in [5.41, 5.74) is 4.74. The first-order chi connectivity index (χ1) is 14.8. The smallest absolute Gasteiger partial charge is 0.212 e. The van der Waals surface area contributed by atoms with E-state index in [0.717, 1.165) is 44.1 Å². The van der Waals surface area contributed by atoms with Gasteiger partial charge in [-0.1, -0.05) is 42.1 Å². The quantitative estimate of drug-likeness (QED) is 0.344. The van der Waals surface area contributed by atoms with E-state index in [0.29, 0.717) is 5.75 Å². The summed E-state index contributed by atoms with van der Waals surface area (Å²) >= 11 is 3.23. The molecule has 30 heavy (non-hydrogen) atoms. The molecule has 0 N–H and O–H groups in total. The molecule has 148 valence electrons. The lowest BCUT2D eigenvalue weighted by molar-refractivity contribution is 0.415. The Kier molecular flexibility index (Phi) is 5.17. The molecule has 0 amide bonds. The maximum Gasteiger partial charge on any atom is 0.212 e. The molecule has 0 atom stereocenters. The van der Waals surface area contributed by atoms with Crippen molar-refractivity contribution < 1.29 is 4.74 Å². The lowest BCUT2D eigenvalue weighted by Crippen LogP contribution is -1.96. The van der Waals surface area contributed by atoms with Crippen molar-refractivity contribution in [3.8, 4) is 27.6 Å². The van der Waals surface area contributed by atoms with Gasteiger partial charge in [0.15, 0.2) is 5.65 Å². The maximum absolute atomic E-state index is 5.23. The van der Waals surface area contributed by atoms with Crippen molar-refractivity contribution in [1.29, 1.82) is 0 Å². The van der Waals surface area contributed by atoms with E-state index in [1.165, 1.54) is 0 Å². The number of rotatable bonds is 6. The Balaban J connectivity index is 1.36. The highest BCUT2D eigenvalue weighted by Crippen LogP contribution is 2.28. The first-order valence-electron chi connectivity index (χ1n) is 9.30. The van der Waals surface area contributed by atoms with Crippen LogP contribution < -0.4 is 4.74 Å². The third-order valence-electron chi connectivity index (χ3n) is 4.54. The van der Waals surface area contributed by atoms with Gasteiger partial charge in [0.25, 0.3) is 0 Å². The van der Waals surface area contributed by atoms with Gasteiger partial charge in [0.2, 0.25) is 5.16 Å². The zero-order chi connectivity index (χ0) is 20.3. The highest BCUT2D eigenvalue weighted by Gasteiger charge is 2.11. The zero-order valence-electron chi connectivity index (χ0n) is 16.1. The topological polar surface area (TPSA) is 65.2 Å². The molecule has 0 aliphatic carbocycles. The van der Waals surface area contributed by atoms with Gasteiger partial charge >= 0.3 is 0 Å². The van der Waals surface area contributed by atoms with Gasteiger partial charge in [-0.15, -0.1) is 21.5 Å². The van der Waals surface area contributed by atoms with Crippen molar-refractivity contribution in [1.82, 2.24) is 24.8 Å². The van der Waals surface area contributed by atoms with E-state index in [1.807, 2.05) is 54.6 Å². The number of methoxy groups -OCH3 is 1. The fourth-order valence-electron chi connectivity index (χ4n) is 3.00. The van der Waals surface area contributed by atoms with Gasteiger partial charge in [-0.3, -0.25) is 0 Å². The summed E-state index contributed by atoms with van der Waals surface area (Å²) < 4.78 is 7.02. The van der Waals surface area contributed by atoms with Crippen molar-refractivity contribution in [2.45, 2.75) is 10.9 Å². The summed E-state index contributed by atoms with van der Waals surface area (Å²) in [4.78, 5) is 4.75. The molecule has 3 aromatic heterocycles. The number of nitrogens with zero attached hydrogens (tertiary/aromatic N) is 5. The molecule has 5 aromatic rings. The van der Waals surface area contributed by atoms with E-state index in [1.54, 1.807) is 34.7 Å². The number of fused-ring (bicyclic) bond motifs is 1. The van der Waals surface area contributed by atoms with Gasteiger partial charge in [0.05, 0.1) is 18.5 Å². The van der Waals surface area contributed by atoms with Crippen LogP contribution in [0.4, 0.5) is 0 Å². The first kappa shape index (κ1) is 18.8. The molecule has 0 bridgehead atoms. The fraction of sp³-hybridized carbons (Fsp3) is 0.0909. The monoisotopic (exact) mass is 431 g/mol. The molecule has 0 radical (unpaired) electrons. The number of thioether (sulfide) groups is 1. The van der Waals surface area contributed by atoms with Crippen molar-refractivity contribution in [2.75, 3.05) is 7.11 Å². The van der Waals surface area contributed by atoms with Crippen molar-refractivity contribution in [3.05, 3.63) is 77.8 Å². The molecule has 0 fully saturated rings. The lowest BCUT2D eigenvalue weighted by atomic mass is 10.1. The SMILES string of the molecule is COc1ccc(-c2ccc3nnc(SCc4csc(-c5ccccc5)n4)n3n2)cc1. The number of hydrogen-bond donors (Lipinski definition) is 0. The number of aromatic nitrogens is 5. The van der Waals surface area contributed by atoms with Crippen LogP contribution in [0.5, 0.6) is 5.75 Å². The summed E-state index contributed by atoms with van der Waals surface area (Å²) in [5, 5.41) is 17.1. The van der Waals surface area contributed by atoms with Crippen LogP contribution in [-0.4, -0.2) is 31.9 Å². The minimum Gasteiger partial charge on any atom is -0.497 e. The third-order valence-corrected chi connectivity index (χ3v) is 6.43. The number of hydrogen-bond acceptors (Lipinski definition) is 7. The largest absolute Gasteiger partial charge is 0.497 e. The summed E-state index contributed by atoms with van der Waals surface area (Å²) in [6.07, 6.45) is 0. The van der Waals surface area contributed by atoms with Crippen LogP contribution in [0, 0.1) is 0 Å². The molecular weight excluding hydrogens is 414 g/mol. The second-order valence-corrected chi connectivity index (χ2v) is 8.30. The number of ether oxygens (including phenoxy) is 1. The van der Waals surface area contributed by atoms with Crippen molar-refractivity contribution in [3.63, 3.8) is 0 Å². The van der Waals surface area contributed by atoms with Crippen LogP contribution in [0.3, 0.4) is 0 Å². The van der Waals surface area contributed by atoms with Crippen LogP contribution >= 0.6 is 23.1 Å². The van der Waals surface area contributed by atoms with Gasteiger partial charge in [0, 0.05) is 22.3 Å². The van der Waals surface area contributed by atoms with E-state index in [2.05, 4.69) is 27.7 Å². The van der Waals surface area contributed by atoms with Crippen molar-refractivity contribution >= 4 is 28.7 Å². The van der Waals surface area contributed by atoms with Crippen LogP contribution in [0.25, 0.3) is 27.5 Å². The molecule has 0 aliphatic heterocycles. The lowest BCUT2D eigenvalue weighted by Gasteiger charge is -2.04. The molecule has 6 nitrogen and oxygen atoms in total. The molecule has 5 rings (SSSR count). The Morgan fingerprint density at radius 1 is 0.933 bits per heavy atom. The maximum atomic E-state index is 5.23. The Hall–Kier alpha value is -3.23. The van der Waals surface area contributed by atoms with Crippen molar-refractivity contribution in [2.24, 2.45) is 0 Å². The molecule has 0 saturated carbocycles. The van der Waals surface area contributed by atoms with E-state index >= 15 is 0 Å². The minimum absolute atomic E-state index is 0.707. The third kappa shape index (κ3) is 3.79. The molecule has 2 aromatic carbocycles. The summed E-state index contributed by atoms with van der Waals surface area (Å²) in [5.74, 6) is 1.52. The van der Waals surface area contributed by atoms with E-state index < -0.39 is 0 Å². The minimum atomic E-state index is 0.707. The average molecular weight is 432 g/mol. The summed E-state index contributed by atoms with van der Waals surface area (Å²) in [6.45, 7) is 0. The molecule has 3 heterocycles. The highest BCUT2D eigenvalue weighted by atomic mass is 32.2. The van der Waals surface area contributed by atoms with Gasteiger partial charge in [-0.05, 0) is 36.4 Å². The van der Waals surface area contributed by atoms with Crippen LogP contribution in [0.2, 0.25) is 0 Å². The van der Waals surface area contributed by atoms with E-state index in [-0.39, 0.29) is 0 Å². The Labute approximate surface area is 181 Å². The zero-order valence-corrected chi connectivity index (χ0v) is 17.7. The number of benzene rings is 2. The molecule has 0 unspecified atom stereocenters. The van der Waals surface area contributed by atoms with Gasteiger partial charge in [-0.25, -0.2) is 4.98 Å². The van der Waals surface area contributed by atoms with E-state index in [9.17, 15) is 0 Å². The van der Waals surface area contributed by atoms with Gasteiger partial charge in [-0.2, -0.15) is 9.61 Å². The fourth-order valence-corrected chi connectivity index (χ4v) is 4.71. The van der Waals surface area contributed by atoms with E-state index in [4.69, 9.17) is 14.8 Å². The Morgan fingerprint density at radius 2 is 1.77 bits per heavy atom.